The average Bonchev–Trinajstić information content (AvgIpc) is 3.40. The Morgan fingerprint density at radius 1 is 1.07 bits per heavy atom. The molecule has 1 atom stereocenters. The van der Waals surface area contributed by atoms with E-state index in [1.165, 1.54) is 7.11 Å². The van der Waals surface area contributed by atoms with Crippen LogP contribution in [0.5, 0.6) is 0 Å². The van der Waals surface area contributed by atoms with Crippen molar-refractivity contribution in [3.63, 3.8) is 0 Å². The minimum Gasteiger partial charge on any atom is -0.469 e. The first-order valence-corrected chi connectivity index (χ1v) is 15.1. The number of benzene rings is 2. The second-order valence-electron chi connectivity index (χ2n) is 11.0. The molecule has 226 valence electrons. The predicted molar refractivity (Wildman–Crippen MR) is 170 cm³/mol. The number of hydrogen-bond acceptors (Lipinski definition) is 7. The van der Waals surface area contributed by atoms with Crippen molar-refractivity contribution >= 4 is 34.3 Å². The molecule has 9 nitrogen and oxygen atoms in total. The normalized spacial score (nSPS) is 14.9. The molecule has 1 unspecified atom stereocenters. The smallest absolute Gasteiger partial charge is 0.310 e. The largest absolute Gasteiger partial charge is 0.469 e. The van der Waals surface area contributed by atoms with Crippen molar-refractivity contribution in [3.8, 4) is 0 Å². The molecule has 5 aromatic rings. The topological polar surface area (TPSA) is 100 Å². The van der Waals surface area contributed by atoms with Gasteiger partial charge in [0.2, 0.25) is 0 Å². The van der Waals surface area contributed by atoms with Gasteiger partial charge in [0, 0.05) is 41.0 Å². The van der Waals surface area contributed by atoms with Crippen molar-refractivity contribution in [2.75, 3.05) is 19.0 Å². The minimum atomic E-state index is -0.344. The van der Waals surface area contributed by atoms with Crippen molar-refractivity contribution < 1.29 is 14.3 Å². The van der Waals surface area contributed by atoms with E-state index in [1.54, 1.807) is 22.9 Å². The molecule has 0 aliphatic carbocycles. The van der Waals surface area contributed by atoms with Gasteiger partial charge in [0.1, 0.15) is 5.82 Å². The van der Waals surface area contributed by atoms with E-state index in [1.807, 2.05) is 53.3 Å². The molecule has 1 aliphatic heterocycles. The predicted octanol–water partition coefficient (Wildman–Crippen LogP) is 5.91. The van der Waals surface area contributed by atoms with Crippen LogP contribution in [0.15, 0.2) is 83.9 Å². The quantitative estimate of drug-likeness (QED) is 0.196. The van der Waals surface area contributed by atoms with E-state index in [4.69, 9.17) is 31.2 Å². The SMILES string of the molecule is COC(=O)Cc1cc(Cc2ccc(Cn3ccccc3=O)cc2)cnc1NCc1nn(C2CCCCO2)c2ccc(Cl)cc12. The maximum atomic E-state index is 12.3. The van der Waals surface area contributed by atoms with Gasteiger partial charge in [0.15, 0.2) is 6.23 Å². The molecule has 0 bridgehead atoms. The summed E-state index contributed by atoms with van der Waals surface area (Å²) < 4.78 is 14.6. The number of methoxy groups -OCH3 is 1. The van der Waals surface area contributed by atoms with Gasteiger partial charge >= 0.3 is 5.97 Å². The third-order valence-corrected chi connectivity index (χ3v) is 8.10. The third-order valence-electron chi connectivity index (χ3n) is 7.87. The lowest BCUT2D eigenvalue weighted by Gasteiger charge is -2.23. The Morgan fingerprint density at radius 3 is 2.68 bits per heavy atom. The molecule has 1 fully saturated rings. The number of anilines is 1. The zero-order chi connectivity index (χ0) is 30.5. The summed E-state index contributed by atoms with van der Waals surface area (Å²) in [7, 11) is 1.38. The molecule has 1 saturated heterocycles. The zero-order valence-electron chi connectivity index (χ0n) is 24.5. The molecule has 0 radical (unpaired) electrons. The number of halogens is 1. The Kier molecular flexibility index (Phi) is 9.04. The van der Waals surface area contributed by atoms with E-state index < -0.39 is 0 Å². The number of aromatic nitrogens is 4. The first-order chi connectivity index (χ1) is 21.5. The van der Waals surface area contributed by atoms with Gasteiger partial charge in [-0.2, -0.15) is 5.10 Å². The summed E-state index contributed by atoms with van der Waals surface area (Å²) in [5.74, 6) is 0.255. The molecule has 0 saturated carbocycles. The maximum Gasteiger partial charge on any atom is 0.310 e. The second kappa shape index (κ2) is 13.4. The molecular weight excluding hydrogens is 578 g/mol. The van der Waals surface area contributed by atoms with Crippen LogP contribution in [-0.2, 0) is 40.2 Å². The Balaban J connectivity index is 1.20. The number of carbonyl (C=O) groups excluding carboxylic acids is 1. The van der Waals surface area contributed by atoms with Crippen LogP contribution in [0.25, 0.3) is 10.9 Å². The monoisotopic (exact) mass is 611 g/mol. The summed E-state index contributed by atoms with van der Waals surface area (Å²) in [6.45, 7) is 1.63. The lowest BCUT2D eigenvalue weighted by Crippen LogP contribution is -2.19. The fourth-order valence-corrected chi connectivity index (χ4v) is 5.75. The summed E-state index contributed by atoms with van der Waals surface area (Å²) in [4.78, 5) is 29.1. The first-order valence-electron chi connectivity index (χ1n) is 14.8. The maximum absolute atomic E-state index is 12.3. The molecule has 2 aromatic carbocycles. The third kappa shape index (κ3) is 6.85. The highest BCUT2D eigenvalue weighted by atomic mass is 35.5. The Bertz CT molecular complexity index is 1830. The molecule has 1 N–H and O–H groups in total. The lowest BCUT2D eigenvalue weighted by atomic mass is 10.0. The molecule has 10 heteroatoms. The van der Waals surface area contributed by atoms with Gasteiger partial charge in [-0.25, -0.2) is 9.67 Å². The van der Waals surface area contributed by atoms with E-state index >= 15 is 0 Å². The number of hydrogen-bond donors (Lipinski definition) is 1. The molecular formula is C34H34ClN5O4. The number of nitrogens with one attached hydrogen (secondary N) is 1. The van der Waals surface area contributed by atoms with Crippen LogP contribution in [0.1, 0.15) is 53.4 Å². The van der Waals surface area contributed by atoms with Gasteiger partial charge in [0.25, 0.3) is 5.56 Å². The van der Waals surface area contributed by atoms with E-state index in [2.05, 4.69) is 17.4 Å². The zero-order valence-corrected chi connectivity index (χ0v) is 25.3. The highest BCUT2D eigenvalue weighted by Crippen LogP contribution is 2.30. The summed E-state index contributed by atoms with van der Waals surface area (Å²) >= 11 is 6.37. The van der Waals surface area contributed by atoms with E-state index in [-0.39, 0.29) is 24.2 Å². The molecule has 6 rings (SSSR count). The summed E-state index contributed by atoms with van der Waals surface area (Å²) in [6.07, 6.45) is 7.29. The number of ether oxygens (including phenoxy) is 2. The van der Waals surface area contributed by atoms with Crippen LogP contribution >= 0.6 is 11.6 Å². The van der Waals surface area contributed by atoms with Gasteiger partial charge in [-0.15, -0.1) is 0 Å². The van der Waals surface area contributed by atoms with E-state index in [0.29, 0.717) is 30.4 Å². The van der Waals surface area contributed by atoms with Crippen molar-refractivity contribution in [1.82, 2.24) is 19.3 Å². The minimum absolute atomic E-state index is 0.0296. The Morgan fingerprint density at radius 2 is 1.91 bits per heavy atom. The average molecular weight is 612 g/mol. The van der Waals surface area contributed by atoms with Crippen molar-refractivity contribution in [3.05, 3.63) is 122 Å². The lowest BCUT2D eigenvalue weighted by molar-refractivity contribution is -0.139. The van der Waals surface area contributed by atoms with Gasteiger partial charge in [-0.3, -0.25) is 9.59 Å². The van der Waals surface area contributed by atoms with E-state index in [9.17, 15) is 9.59 Å². The van der Waals surface area contributed by atoms with Crippen LogP contribution in [0.2, 0.25) is 5.02 Å². The molecule has 1 aliphatic rings. The summed E-state index contributed by atoms with van der Waals surface area (Å²) in [5, 5.41) is 9.91. The number of carbonyl (C=O) groups is 1. The highest BCUT2D eigenvalue weighted by molar-refractivity contribution is 6.31. The molecule has 0 spiro atoms. The van der Waals surface area contributed by atoms with Gasteiger partial charge in [0.05, 0.1) is 37.8 Å². The number of rotatable bonds is 10. The Hall–Kier alpha value is -4.47. The molecule has 44 heavy (non-hydrogen) atoms. The highest BCUT2D eigenvalue weighted by Gasteiger charge is 2.21. The van der Waals surface area contributed by atoms with Crippen molar-refractivity contribution in [1.29, 1.82) is 0 Å². The van der Waals surface area contributed by atoms with E-state index in [0.717, 1.165) is 64.7 Å². The van der Waals surface area contributed by atoms with Gasteiger partial charge in [-0.1, -0.05) is 41.9 Å². The van der Waals surface area contributed by atoms with Crippen LogP contribution in [0, 0.1) is 0 Å². The fourth-order valence-electron chi connectivity index (χ4n) is 5.58. The van der Waals surface area contributed by atoms with Crippen molar-refractivity contribution in [2.24, 2.45) is 0 Å². The summed E-state index contributed by atoms with van der Waals surface area (Å²) in [6, 6.07) is 21.1. The van der Waals surface area contributed by atoms with Crippen molar-refractivity contribution in [2.45, 2.75) is 51.4 Å². The first kappa shape index (κ1) is 29.6. The number of nitrogens with zero attached hydrogens (tertiary/aromatic N) is 4. The van der Waals surface area contributed by atoms with Crippen LogP contribution < -0.4 is 10.9 Å². The van der Waals surface area contributed by atoms with Gasteiger partial charge in [-0.05, 0) is 72.7 Å². The van der Waals surface area contributed by atoms with Crippen LogP contribution in [-0.4, -0.2) is 39.0 Å². The number of esters is 1. The summed E-state index contributed by atoms with van der Waals surface area (Å²) in [5.41, 5.74) is 5.61. The number of fused-ring (bicyclic) bond motifs is 1. The van der Waals surface area contributed by atoms with Gasteiger partial charge < -0.3 is 19.4 Å². The number of pyridine rings is 2. The van der Waals surface area contributed by atoms with Crippen LogP contribution in [0.3, 0.4) is 0 Å². The molecule has 3 aromatic heterocycles. The molecule has 4 heterocycles. The second-order valence-corrected chi connectivity index (χ2v) is 11.4. The Labute approximate surface area is 260 Å². The van der Waals surface area contributed by atoms with Crippen LogP contribution in [0.4, 0.5) is 5.82 Å². The fraction of sp³-hybridized carbons (Fsp3) is 0.294. The standard InChI is InChI=1S/C34H34ClN5O4/c1-43-33(42)18-26-17-25(16-23-8-10-24(11-9-23)22-39-14-4-2-6-31(39)41)20-36-34(26)37-21-29-28-19-27(35)12-13-30(28)40(38-29)32-7-3-5-15-44-32/h2,4,6,8-14,17,19-20,32H,3,5,7,15-16,18,21-22H2,1H3,(H,36,37). The molecule has 0 amide bonds.